The molecule has 1 aromatic carbocycles. The molecule has 4 atom stereocenters. The highest BCUT2D eigenvalue weighted by atomic mass is 16.2. The van der Waals surface area contributed by atoms with Crippen molar-refractivity contribution in [2.75, 3.05) is 5.32 Å². The number of nitrogens with zero attached hydrogens (tertiary/aromatic N) is 1. The quantitative estimate of drug-likeness (QED) is 0.702. The van der Waals surface area contributed by atoms with Gasteiger partial charge >= 0.3 is 0 Å². The minimum absolute atomic E-state index is 0.187. The molecule has 6 nitrogen and oxygen atoms in total. The Morgan fingerprint density at radius 2 is 1.80 bits per heavy atom. The fourth-order valence-corrected chi connectivity index (χ4v) is 4.80. The lowest BCUT2D eigenvalue weighted by atomic mass is 9.76. The molecule has 3 amide bonds. The number of likely N-dealkylation sites (tertiary alicyclic amines) is 1. The van der Waals surface area contributed by atoms with Crippen molar-refractivity contribution >= 4 is 23.4 Å². The molecule has 1 aromatic rings. The van der Waals surface area contributed by atoms with Crippen LogP contribution in [0, 0.1) is 18.8 Å². The van der Waals surface area contributed by atoms with Crippen molar-refractivity contribution in [1.29, 1.82) is 0 Å². The molecular formula is C19H23N3O3. The van der Waals surface area contributed by atoms with Crippen LogP contribution < -0.4 is 10.6 Å². The zero-order valence-corrected chi connectivity index (χ0v) is 15.1. The van der Waals surface area contributed by atoms with E-state index in [0.717, 1.165) is 16.8 Å². The second kappa shape index (κ2) is 4.69. The highest BCUT2D eigenvalue weighted by molar-refractivity contribution is 6.15. The molecule has 3 heterocycles. The van der Waals surface area contributed by atoms with Crippen LogP contribution in [0.1, 0.15) is 38.8 Å². The fourth-order valence-electron chi connectivity index (χ4n) is 4.80. The van der Waals surface area contributed by atoms with Crippen molar-refractivity contribution in [3.63, 3.8) is 0 Å². The Morgan fingerprint density at radius 3 is 2.44 bits per heavy atom. The number of aryl methyl sites for hydroxylation is 1. The van der Waals surface area contributed by atoms with E-state index in [1.54, 1.807) is 0 Å². The second-order valence-electron chi connectivity index (χ2n) is 8.38. The van der Waals surface area contributed by atoms with Crippen molar-refractivity contribution < 1.29 is 14.4 Å². The molecule has 3 aliphatic heterocycles. The lowest BCUT2D eigenvalue weighted by Gasteiger charge is -2.34. The summed E-state index contributed by atoms with van der Waals surface area (Å²) in [7, 11) is 0. The van der Waals surface area contributed by atoms with Crippen LogP contribution in [-0.2, 0) is 19.9 Å². The second-order valence-corrected chi connectivity index (χ2v) is 8.38. The van der Waals surface area contributed by atoms with Gasteiger partial charge in [0.05, 0.1) is 11.8 Å². The highest BCUT2D eigenvalue weighted by Crippen LogP contribution is 2.54. The molecule has 0 aromatic heterocycles. The average Bonchev–Trinajstić information content (AvgIpc) is 3.05. The van der Waals surface area contributed by atoms with E-state index in [2.05, 4.69) is 10.6 Å². The Hall–Kier alpha value is -2.21. The third kappa shape index (κ3) is 1.80. The van der Waals surface area contributed by atoms with Crippen LogP contribution in [0.3, 0.4) is 0 Å². The van der Waals surface area contributed by atoms with Crippen LogP contribution in [0.4, 0.5) is 5.69 Å². The van der Waals surface area contributed by atoms with Gasteiger partial charge in [-0.2, -0.15) is 0 Å². The minimum atomic E-state index is -1.17. The summed E-state index contributed by atoms with van der Waals surface area (Å²) in [5.74, 6) is -1.92. The number of rotatable bonds is 0. The van der Waals surface area contributed by atoms with Gasteiger partial charge in [-0.1, -0.05) is 18.2 Å². The Morgan fingerprint density at radius 1 is 1.12 bits per heavy atom. The Balaban J connectivity index is 1.93. The van der Waals surface area contributed by atoms with E-state index in [4.69, 9.17) is 0 Å². The number of amides is 3. The molecule has 3 aliphatic rings. The molecule has 0 radical (unpaired) electrons. The summed E-state index contributed by atoms with van der Waals surface area (Å²) in [6, 6.07) is 5.43. The minimum Gasteiger partial charge on any atom is -0.324 e. The maximum atomic E-state index is 13.3. The Kier molecular flexibility index (Phi) is 3.06. The molecule has 2 N–H and O–H groups in total. The number of hydrogen-bond donors (Lipinski definition) is 2. The van der Waals surface area contributed by atoms with Crippen molar-refractivity contribution in [2.45, 2.75) is 51.7 Å². The third-order valence-electron chi connectivity index (χ3n) is 5.78. The first-order valence-electron chi connectivity index (χ1n) is 8.68. The molecule has 4 rings (SSSR count). The molecule has 2 saturated heterocycles. The van der Waals surface area contributed by atoms with Gasteiger partial charge in [0.1, 0.15) is 5.54 Å². The molecule has 0 saturated carbocycles. The van der Waals surface area contributed by atoms with Crippen molar-refractivity contribution in [2.24, 2.45) is 11.8 Å². The van der Waals surface area contributed by atoms with Gasteiger partial charge in [-0.05, 0) is 40.2 Å². The maximum Gasteiger partial charge on any atom is 0.250 e. The van der Waals surface area contributed by atoms with Crippen molar-refractivity contribution in [3.8, 4) is 0 Å². The fraction of sp³-hybridized carbons (Fsp3) is 0.526. The number of fused-ring (bicyclic) bond motifs is 4. The van der Waals surface area contributed by atoms with Gasteiger partial charge in [-0.25, -0.2) is 0 Å². The summed E-state index contributed by atoms with van der Waals surface area (Å²) in [5.41, 5.74) is 0.698. The first kappa shape index (κ1) is 16.3. The van der Waals surface area contributed by atoms with Gasteiger partial charge in [-0.15, -0.1) is 0 Å². The van der Waals surface area contributed by atoms with Crippen LogP contribution in [-0.4, -0.2) is 34.2 Å². The predicted molar refractivity (Wildman–Crippen MR) is 92.7 cm³/mol. The number of benzene rings is 1. The Bertz CT molecular complexity index is 826. The summed E-state index contributed by atoms with van der Waals surface area (Å²) < 4.78 is 0. The highest BCUT2D eigenvalue weighted by Gasteiger charge is 2.70. The van der Waals surface area contributed by atoms with Gasteiger partial charge in [0.15, 0.2) is 0 Å². The molecule has 0 bridgehead atoms. The zero-order valence-electron chi connectivity index (χ0n) is 15.1. The zero-order chi connectivity index (χ0) is 18.3. The predicted octanol–water partition coefficient (Wildman–Crippen LogP) is 1.53. The average molecular weight is 341 g/mol. The van der Waals surface area contributed by atoms with E-state index in [1.165, 1.54) is 4.90 Å². The smallest absolute Gasteiger partial charge is 0.250 e. The number of anilines is 1. The lowest BCUT2D eigenvalue weighted by molar-refractivity contribution is -0.147. The van der Waals surface area contributed by atoms with E-state index in [-0.39, 0.29) is 23.8 Å². The monoisotopic (exact) mass is 341 g/mol. The standard InChI is InChI=1S/C19H23N3O3/c1-9-7-6-8-11-14(9)20-17(25)19(11)13-12(10(2)21-19)15(23)22(16(13)24)18(3,4)5/h6-8,10,12-13,21H,1-5H3,(H,20,25)/t10-,12-,13-,19-/m1/s1. The summed E-state index contributed by atoms with van der Waals surface area (Å²) in [6.45, 7) is 9.35. The molecule has 6 heteroatoms. The molecule has 25 heavy (non-hydrogen) atoms. The first-order valence-corrected chi connectivity index (χ1v) is 8.68. The van der Waals surface area contributed by atoms with Crippen molar-refractivity contribution in [3.05, 3.63) is 29.3 Å². The van der Waals surface area contributed by atoms with Gasteiger partial charge in [0, 0.05) is 22.8 Å². The molecule has 0 aliphatic carbocycles. The Labute approximate surface area is 147 Å². The summed E-state index contributed by atoms with van der Waals surface area (Å²) in [4.78, 5) is 40.7. The van der Waals surface area contributed by atoms with E-state index < -0.39 is 22.9 Å². The number of imide groups is 1. The molecule has 2 fully saturated rings. The van der Waals surface area contributed by atoms with Gasteiger partial charge in [0.2, 0.25) is 17.7 Å². The lowest BCUT2D eigenvalue weighted by Crippen LogP contribution is -2.55. The normalized spacial score (nSPS) is 33.9. The molecule has 0 unspecified atom stereocenters. The van der Waals surface area contributed by atoms with E-state index in [0.29, 0.717) is 0 Å². The van der Waals surface area contributed by atoms with Gasteiger partial charge < -0.3 is 5.32 Å². The number of hydrogen-bond acceptors (Lipinski definition) is 4. The number of carbonyl (C=O) groups excluding carboxylic acids is 3. The van der Waals surface area contributed by atoms with E-state index >= 15 is 0 Å². The van der Waals surface area contributed by atoms with Crippen LogP contribution in [0.5, 0.6) is 0 Å². The van der Waals surface area contributed by atoms with E-state index in [1.807, 2.05) is 52.8 Å². The van der Waals surface area contributed by atoms with Crippen LogP contribution >= 0.6 is 0 Å². The third-order valence-corrected chi connectivity index (χ3v) is 5.78. The van der Waals surface area contributed by atoms with Gasteiger partial charge in [0.25, 0.3) is 0 Å². The summed E-state index contributed by atoms with van der Waals surface area (Å²) >= 11 is 0. The largest absolute Gasteiger partial charge is 0.324 e. The van der Waals surface area contributed by atoms with Crippen LogP contribution in [0.25, 0.3) is 0 Å². The number of nitrogens with one attached hydrogen (secondary N) is 2. The molecule has 1 spiro atoms. The maximum absolute atomic E-state index is 13.3. The molecule has 132 valence electrons. The summed E-state index contributed by atoms with van der Waals surface area (Å²) in [5, 5.41) is 6.25. The molecular weight excluding hydrogens is 318 g/mol. The van der Waals surface area contributed by atoms with Crippen LogP contribution in [0.2, 0.25) is 0 Å². The van der Waals surface area contributed by atoms with Gasteiger partial charge in [-0.3, -0.25) is 24.6 Å². The SMILES string of the molecule is Cc1cccc2c1NC(=O)[C@@]21N[C@H](C)[C@H]2C(=O)N(C(C)(C)C)C(=O)[C@@H]21. The first-order chi connectivity index (χ1) is 11.6. The van der Waals surface area contributed by atoms with E-state index in [9.17, 15) is 14.4 Å². The summed E-state index contributed by atoms with van der Waals surface area (Å²) in [6.07, 6.45) is 0. The number of para-hydroxylation sites is 1. The van der Waals surface area contributed by atoms with Crippen LogP contribution in [0.15, 0.2) is 18.2 Å². The number of carbonyl (C=O) groups is 3. The topological polar surface area (TPSA) is 78.5 Å². The van der Waals surface area contributed by atoms with Crippen molar-refractivity contribution in [1.82, 2.24) is 10.2 Å².